The summed E-state index contributed by atoms with van der Waals surface area (Å²) >= 11 is 1.53. The first-order valence-electron chi connectivity index (χ1n) is 11.2. The zero-order chi connectivity index (χ0) is 24.1. The first-order valence-corrected chi connectivity index (χ1v) is 12.1. The van der Waals surface area contributed by atoms with Gasteiger partial charge in [-0.25, -0.2) is 14.6 Å². The molecule has 0 unspecified atom stereocenters. The highest BCUT2D eigenvalue weighted by Crippen LogP contribution is 2.26. The van der Waals surface area contributed by atoms with Gasteiger partial charge in [-0.05, 0) is 46.3 Å². The molecule has 4 rings (SSSR count). The molecule has 0 spiro atoms. The van der Waals surface area contributed by atoms with Gasteiger partial charge in [0.2, 0.25) is 0 Å². The number of carboxylic acid groups (broad SMARTS) is 2. The molecule has 4 aromatic rings. The zero-order valence-corrected chi connectivity index (χ0v) is 19.7. The fourth-order valence-corrected chi connectivity index (χ4v) is 4.81. The van der Waals surface area contributed by atoms with E-state index in [-0.39, 0.29) is 5.56 Å². The summed E-state index contributed by atoms with van der Waals surface area (Å²) in [6, 6.07) is 14.8. The van der Waals surface area contributed by atoms with Crippen molar-refractivity contribution >= 4 is 40.1 Å². The molecule has 0 aliphatic rings. The number of aromatic nitrogens is 2. The second kappa shape index (κ2) is 10.5. The molecule has 0 aliphatic carbocycles. The van der Waals surface area contributed by atoms with Crippen LogP contribution in [0, 0.1) is 0 Å². The van der Waals surface area contributed by atoms with Crippen LogP contribution in [-0.4, -0.2) is 31.7 Å². The molecular weight excluding hydrogens is 448 g/mol. The van der Waals surface area contributed by atoms with Crippen molar-refractivity contribution in [2.45, 2.75) is 39.2 Å². The van der Waals surface area contributed by atoms with Gasteiger partial charge in [0.25, 0.3) is 0 Å². The summed E-state index contributed by atoms with van der Waals surface area (Å²) in [5, 5.41) is 22.9. The number of thiophene rings is 1. The molecule has 2 N–H and O–H groups in total. The van der Waals surface area contributed by atoms with E-state index in [0.717, 1.165) is 46.6 Å². The van der Waals surface area contributed by atoms with Gasteiger partial charge in [0.15, 0.2) is 0 Å². The minimum Gasteiger partial charge on any atom is -0.478 e. The van der Waals surface area contributed by atoms with Crippen LogP contribution < -0.4 is 0 Å². The lowest BCUT2D eigenvalue weighted by molar-refractivity contribution is -0.132. The summed E-state index contributed by atoms with van der Waals surface area (Å²) in [5.41, 5.74) is 2.25. The smallest absolute Gasteiger partial charge is 0.336 e. The van der Waals surface area contributed by atoms with Gasteiger partial charge in [0, 0.05) is 29.8 Å². The number of imidazole rings is 1. The van der Waals surface area contributed by atoms with Crippen LogP contribution >= 0.6 is 11.3 Å². The van der Waals surface area contributed by atoms with E-state index in [2.05, 4.69) is 16.5 Å². The second-order valence-electron chi connectivity index (χ2n) is 8.14. The molecule has 0 saturated heterocycles. The molecule has 0 amide bonds. The van der Waals surface area contributed by atoms with Crippen molar-refractivity contribution in [3.05, 3.63) is 93.2 Å². The molecule has 2 heterocycles. The van der Waals surface area contributed by atoms with E-state index in [9.17, 15) is 19.8 Å². The monoisotopic (exact) mass is 474 g/mol. The van der Waals surface area contributed by atoms with Crippen LogP contribution in [0.3, 0.4) is 0 Å². The first-order chi connectivity index (χ1) is 16.5. The van der Waals surface area contributed by atoms with Gasteiger partial charge in [-0.2, -0.15) is 0 Å². The standard InChI is InChI=1S/C27H26N2O4S/c1-2-3-10-25-28-16-20(14-19(26(30)31)15-21-7-6-13-34-21)29(25)17-18-11-12-24(27(32)33)23-9-5-4-8-22(18)23/h4-9,11-14,16H,2-3,10,15,17H2,1H3,(H,30,31)(H,32,33)/b19-14+. The van der Waals surface area contributed by atoms with Crippen molar-refractivity contribution in [1.29, 1.82) is 0 Å². The zero-order valence-electron chi connectivity index (χ0n) is 18.9. The topological polar surface area (TPSA) is 92.4 Å². The van der Waals surface area contributed by atoms with Crippen molar-refractivity contribution in [2.75, 3.05) is 0 Å². The van der Waals surface area contributed by atoms with E-state index in [1.54, 1.807) is 18.3 Å². The molecule has 2 aromatic carbocycles. The van der Waals surface area contributed by atoms with E-state index < -0.39 is 11.9 Å². The van der Waals surface area contributed by atoms with E-state index in [4.69, 9.17) is 0 Å². The molecule has 2 aromatic heterocycles. The van der Waals surface area contributed by atoms with E-state index >= 15 is 0 Å². The number of aliphatic carboxylic acids is 1. The predicted octanol–water partition coefficient (Wildman–Crippen LogP) is 5.90. The Morgan fingerprint density at radius 2 is 1.85 bits per heavy atom. The summed E-state index contributed by atoms with van der Waals surface area (Å²) < 4.78 is 2.05. The lowest BCUT2D eigenvalue weighted by atomic mass is 9.99. The Balaban J connectivity index is 1.78. The van der Waals surface area contributed by atoms with Crippen molar-refractivity contribution in [1.82, 2.24) is 9.55 Å². The molecule has 0 bridgehead atoms. The Morgan fingerprint density at radius 3 is 2.53 bits per heavy atom. The summed E-state index contributed by atoms with van der Waals surface area (Å²) in [6.07, 6.45) is 6.56. The van der Waals surface area contributed by atoms with Gasteiger partial charge in [-0.3, -0.25) is 0 Å². The molecule has 7 heteroatoms. The Hall–Kier alpha value is -3.71. The number of benzene rings is 2. The Labute approximate surface area is 201 Å². The third kappa shape index (κ3) is 5.10. The van der Waals surface area contributed by atoms with Crippen molar-refractivity contribution < 1.29 is 19.8 Å². The third-order valence-electron chi connectivity index (χ3n) is 5.84. The first kappa shape index (κ1) is 23.4. The average molecular weight is 475 g/mol. The second-order valence-corrected chi connectivity index (χ2v) is 9.18. The minimum atomic E-state index is -0.961. The number of rotatable bonds is 10. The number of carboxylic acids is 2. The van der Waals surface area contributed by atoms with Gasteiger partial charge in [0.1, 0.15) is 5.82 Å². The minimum absolute atomic E-state index is 0.264. The highest BCUT2D eigenvalue weighted by molar-refractivity contribution is 7.09. The molecule has 0 radical (unpaired) electrons. The van der Waals surface area contributed by atoms with Gasteiger partial charge < -0.3 is 14.8 Å². The van der Waals surface area contributed by atoms with E-state index in [1.807, 2.05) is 47.8 Å². The lowest BCUT2D eigenvalue weighted by Gasteiger charge is -2.14. The number of hydrogen-bond acceptors (Lipinski definition) is 4. The number of nitrogens with zero attached hydrogens (tertiary/aromatic N) is 2. The fraction of sp³-hybridized carbons (Fsp3) is 0.222. The van der Waals surface area contributed by atoms with Gasteiger partial charge >= 0.3 is 11.9 Å². The lowest BCUT2D eigenvalue weighted by Crippen LogP contribution is -2.10. The van der Waals surface area contributed by atoms with Crippen LogP contribution in [0.15, 0.2) is 65.7 Å². The number of hydrogen-bond donors (Lipinski definition) is 2. The van der Waals surface area contributed by atoms with Crippen LogP contribution in [0.4, 0.5) is 0 Å². The number of fused-ring (bicyclic) bond motifs is 1. The Morgan fingerprint density at radius 1 is 1.06 bits per heavy atom. The highest BCUT2D eigenvalue weighted by atomic mass is 32.1. The molecule has 0 saturated carbocycles. The van der Waals surface area contributed by atoms with Crippen molar-refractivity contribution in [3.8, 4) is 0 Å². The van der Waals surface area contributed by atoms with Crippen LogP contribution in [0.5, 0.6) is 0 Å². The molecular formula is C27H26N2O4S. The molecule has 174 valence electrons. The van der Waals surface area contributed by atoms with Crippen LogP contribution in [0.2, 0.25) is 0 Å². The van der Waals surface area contributed by atoms with E-state index in [1.165, 1.54) is 11.3 Å². The SMILES string of the molecule is CCCCc1ncc(/C=C(\Cc2cccs2)C(=O)O)n1Cc1ccc(C(=O)O)c2ccccc12. The van der Waals surface area contributed by atoms with Gasteiger partial charge in [0.05, 0.1) is 17.5 Å². The van der Waals surface area contributed by atoms with Gasteiger partial charge in [-0.15, -0.1) is 11.3 Å². The molecule has 0 aliphatic heterocycles. The molecule has 34 heavy (non-hydrogen) atoms. The van der Waals surface area contributed by atoms with Gasteiger partial charge in [-0.1, -0.05) is 49.7 Å². The van der Waals surface area contributed by atoms with Crippen LogP contribution in [0.25, 0.3) is 16.8 Å². The molecule has 6 nitrogen and oxygen atoms in total. The van der Waals surface area contributed by atoms with Crippen LogP contribution in [0.1, 0.15) is 52.1 Å². The molecule has 0 fully saturated rings. The maximum atomic E-state index is 12.0. The van der Waals surface area contributed by atoms with E-state index in [0.29, 0.717) is 23.9 Å². The number of carbonyl (C=O) groups is 2. The number of aryl methyl sites for hydroxylation is 1. The molecule has 0 atom stereocenters. The summed E-state index contributed by atoms with van der Waals surface area (Å²) in [4.78, 5) is 29.3. The largest absolute Gasteiger partial charge is 0.478 e. The van der Waals surface area contributed by atoms with Crippen molar-refractivity contribution in [3.63, 3.8) is 0 Å². The van der Waals surface area contributed by atoms with Crippen LogP contribution in [-0.2, 0) is 24.2 Å². The van der Waals surface area contributed by atoms with Crippen molar-refractivity contribution in [2.24, 2.45) is 0 Å². The summed E-state index contributed by atoms with van der Waals surface area (Å²) in [7, 11) is 0. The maximum Gasteiger partial charge on any atom is 0.336 e. The third-order valence-corrected chi connectivity index (χ3v) is 6.71. The quantitative estimate of drug-likeness (QED) is 0.279. The number of aromatic carboxylic acids is 1. The summed E-state index contributed by atoms with van der Waals surface area (Å²) in [6.45, 7) is 2.59. The Bertz CT molecular complexity index is 1350. The average Bonchev–Trinajstić information content (AvgIpc) is 3.47. The predicted molar refractivity (Wildman–Crippen MR) is 134 cm³/mol. The number of unbranched alkanes of at least 4 members (excludes halogenated alkanes) is 1. The normalized spacial score (nSPS) is 11.7. The Kier molecular flexibility index (Phi) is 7.23. The highest BCUT2D eigenvalue weighted by Gasteiger charge is 2.16. The fourth-order valence-electron chi connectivity index (χ4n) is 4.09. The maximum absolute atomic E-state index is 12.0. The summed E-state index contributed by atoms with van der Waals surface area (Å²) in [5.74, 6) is -1.02.